The van der Waals surface area contributed by atoms with Gasteiger partial charge < -0.3 is 14.9 Å². The zero-order chi connectivity index (χ0) is 15.7. The Bertz CT molecular complexity index is 853. The van der Waals surface area contributed by atoms with Crippen molar-refractivity contribution in [3.8, 4) is 17.2 Å². The van der Waals surface area contributed by atoms with Crippen LogP contribution in [-0.2, 0) is 6.42 Å². The van der Waals surface area contributed by atoms with Crippen molar-refractivity contribution >= 4 is 34.8 Å². The van der Waals surface area contributed by atoms with E-state index in [9.17, 15) is 10.2 Å². The summed E-state index contributed by atoms with van der Waals surface area (Å²) in [4.78, 5) is 4.17. The summed E-state index contributed by atoms with van der Waals surface area (Å²) >= 11 is 5.98. The number of methoxy groups -OCH3 is 1. The molecule has 2 N–H and O–H groups in total. The number of aromatic hydroxyl groups is 2. The van der Waals surface area contributed by atoms with E-state index in [1.165, 1.54) is 7.11 Å². The highest BCUT2D eigenvalue weighted by atomic mass is 35.5. The van der Waals surface area contributed by atoms with Crippen LogP contribution < -0.4 is 4.74 Å². The molecule has 0 bridgehead atoms. The lowest BCUT2D eigenvalue weighted by Gasteiger charge is -2.11. The van der Waals surface area contributed by atoms with Gasteiger partial charge in [0.15, 0.2) is 11.5 Å². The second-order valence-electron chi connectivity index (χ2n) is 4.96. The first kappa shape index (κ1) is 17.2. The third kappa shape index (κ3) is 3.28. The molecule has 0 spiro atoms. The molecule has 3 rings (SSSR count). The fraction of sp³-hybridized carbons (Fsp3) is 0.118. The van der Waals surface area contributed by atoms with Gasteiger partial charge in [0, 0.05) is 29.2 Å². The van der Waals surface area contributed by atoms with E-state index in [4.69, 9.17) is 16.3 Å². The molecule has 0 unspecified atom stereocenters. The fourth-order valence-corrected chi connectivity index (χ4v) is 2.67. The number of phenolic OH excluding ortho intramolecular Hbond substituents is 2. The van der Waals surface area contributed by atoms with E-state index >= 15 is 0 Å². The number of fused-ring (bicyclic) bond motifs is 1. The van der Waals surface area contributed by atoms with E-state index in [2.05, 4.69) is 4.98 Å². The molecule has 23 heavy (non-hydrogen) atoms. The molecule has 0 saturated heterocycles. The van der Waals surface area contributed by atoms with E-state index in [0.29, 0.717) is 28.1 Å². The summed E-state index contributed by atoms with van der Waals surface area (Å²) in [6.45, 7) is 0. The van der Waals surface area contributed by atoms with Crippen LogP contribution in [0.15, 0.2) is 42.7 Å². The molecule has 0 atom stereocenters. The molecule has 4 nitrogen and oxygen atoms in total. The minimum Gasteiger partial charge on any atom is -0.508 e. The highest BCUT2D eigenvalue weighted by Gasteiger charge is 2.12. The second-order valence-corrected chi connectivity index (χ2v) is 5.40. The Labute approximate surface area is 144 Å². The molecule has 2 aromatic carbocycles. The maximum atomic E-state index is 10.2. The average molecular weight is 352 g/mol. The first-order valence-electron chi connectivity index (χ1n) is 6.70. The molecule has 120 valence electrons. The van der Waals surface area contributed by atoms with Crippen LogP contribution in [0.1, 0.15) is 11.1 Å². The van der Waals surface area contributed by atoms with Gasteiger partial charge in [0.1, 0.15) is 5.75 Å². The molecule has 0 amide bonds. The van der Waals surface area contributed by atoms with Crippen LogP contribution >= 0.6 is 24.0 Å². The van der Waals surface area contributed by atoms with Gasteiger partial charge in [-0.2, -0.15) is 0 Å². The summed E-state index contributed by atoms with van der Waals surface area (Å²) in [5.41, 5.74) is 1.59. The molecule has 6 heteroatoms. The smallest absolute Gasteiger partial charge is 0.167 e. The standard InChI is InChI=1S/C17H14ClNO3.ClH/c1-22-16-5-3-13-11(8-19-9-14(13)17(16)21)6-10-7-12(18)2-4-15(10)20;/h2-5,7-9,20-21H,6H2,1H3;1H. The van der Waals surface area contributed by atoms with Crippen molar-refractivity contribution in [3.63, 3.8) is 0 Å². The van der Waals surface area contributed by atoms with E-state index in [1.807, 2.05) is 6.07 Å². The number of benzene rings is 2. The maximum Gasteiger partial charge on any atom is 0.167 e. The average Bonchev–Trinajstić information content (AvgIpc) is 2.52. The fourth-order valence-electron chi connectivity index (χ4n) is 2.48. The molecule has 0 aliphatic rings. The third-order valence-electron chi connectivity index (χ3n) is 3.60. The first-order chi connectivity index (χ1) is 10.6. The van der Waals surface area contributed by atoms with Gasteiger partial charge in [0.25, 0.3) is 0 Å². The molecule has 0 radical (unpaired) electrons. The zero-order valence-electron chi connectivity index (χ0n) is 12.3. The van der Waals surface area contributed by atoms with Crippen LogP contribution in [0.2, 0.25) is 5.02 Å². The Morgan fingerprint density at radius 3 is 2.57 bits per heavy atom. The number of hydrogen-bond acceptors (Lipinski definition) is 4. The Balaban J connectivity index is 0.00000192. The summed E-state index contributed by atoms with van der Waals surface area (Å²) in [6.07, 6.45) is 3.77. The van der Waals surface area contributed by atoms with Gasteiger partial charge in [0.2, 0.25) is 0 Å². The number of phenols is 2. The molecule has 1 aromatic heterocycles. The molecule has 1 heterocycles. The highest BCUT2D eigenvalue weighted by Crippen LogP contribution is 2.36. The van der Waals surface area contributed by atoms with Crippen molar-refractivity contribution in [2.45, 2.75) is 6.42 Å². The summed E-state index contributed by atoms with van der Waals surface area (Å²) in [7, 11) is 1.50. The van der Waals surface area contributed by atoms with Crippen molar-refractivity contribution < 1.29 is 14.9 Å². The van der Waals surface area contributed by atoms with Crippen molar-refractivity contribution in [3.05, 3.63) is 58.9 Å². The van der Waals surface area contributed by atoms with Crippen molar-refractivity contribution in [1.29, 1.82) is 0 Å². The number of aromatic nitrogens is 1. The quantitative estimate of drug-likeness (QED) is 0.737. The van der Waals surface area contributed by atoms with Crippen molar-refractivity contribution in [2.24, 2.45) is 0 Å². The van der Waals surface area contributed by atoms with Gasteiger partial charge in [-0.1, -0.05) is 17.7 Å². The molecule has 0 fully saturated rings. The predicted molar refractivity (Wildman–Crippen MR) is 93.1 cm³/mol. The lowest BCUT2D eigenvalue weighted by molar-refractivity contribution is 0.376. The molecule has 0 aliphatic heterocycles. The molecular formula is C17H15Cl2NO3. The topological polar surface area (TPSA) is 62.6 Å². The normalized spacial score (nSPS) is 10.3. The number of nitrogens with zero attached hydrogens (tertiary/aromatic N) is 1. The first-order valence-corrected chi connectivity index (χ1v) is 7.08. The van der Waals surface area contributed by atoms with Crippen LogP contribution in [0.4, 0.5) is 0 Å². The predicted octanol–water partition coefficient (Wildman–Crippen LogP) is 4.32. The van der Waals surface area contributed by atoms with Gasteiger partial charge in [-0.25, -0.2) is 0 Å². The van der Waals surface area contributed by atoms with Crippen LogP contribution in [0.5, 0.6) is 17.2 Å². The van der Waals surface area contributed by atoms with Crippen LogP contribution in [0, 0.1) is 0 Å². The van der Waals surface area contributed by atoms with Gasteiger partial charge in [-0.05, 0) is 40.8 Å². The molecule has 0 saturated carbocycles. The summed E-state index contributed by atoms with van der Waals surface area (Å²) in [5.74, 6) is 0.640. The van der Waals surface area contributed by atoms with Gasteiger partial charge in [-0.3, -0.25) is 4.98 Å². The third-order valence-corrected chi connectivity index (χ3v) is 3.84. The Hall–Kier alpha value is -2.17. The minimum atomic E-state index is 0. The van der Waals surface area contributed by atoms with Gasteiger partial charge in [0.05, 0.1) is 7.11 Å². The minimum absolute atomic E-state index is 0. The highest BCUT2D eigenvalue weighted by molar-refractivity contribution is 6.30. The Morgan fingerprint density at radius 2 is 1.83 bits per heavy atom. The molecular weight excluding hydrogens is 337 g/mol. The largest absolute Gasteiger partial charge is 0.508 e. The van der Waals surface area contributed by atoms with Crippen molar-refractivity contribution in [2.75, 3.05) is 7.11 Å². The van der Waals surface area contributed by atoms with E-state index < -0.39 is 0 Å². The maximum absolute atomic E-state index is 10.2. The number of hydrogen-bond donors (Lipinski definition) is 2. The van der Waals surface area contributed by atoms with Crippen LogP contribution in [-0.4, -0.2) is 22.3 Å². The van der Waals surface area contributed by atoms with E-state index in [0.717, 1.165) is 10.9 Å². The van der Waals surface area contributed by atoms with Gasteiger partial charge >= 0.3 is 0 Å². The Morgan fingerprint density at radius 1 is 1.04 bits per heavy atom. The molecule has 0 aliphatic carbocycles. The zero-order valence-corrected chi connectivity index (χ0v) is 13.9. The van der Waals surface area contributed by atoms with Crippen molar-refractivity contribution in [1.82, 2.24) is 4.98 Å². The summed E-state index contributed by atoms with van der Waals surface area (Å²) < 4.78 is 5.11. The van der Waals surface area contributed by atoms with Crippen LogP contribution in [0.25, 0.3) is 10.8 Å². The Kier molecular flexibility index (Phi) is 5.19. The number of halogens is 2. The van der Waals surface area contributed by atoms with E-state index in [-0.39, 0.29) is 23.9 Å². The summed E-state index contributed by atoms with van der Waals surface area (Å²) in [5, 5.41) is 22.2. The second kappa shape index (κ2) is 6.94. The lowest BCUT2D eigenvalue weighted by atomic mass is 10.00. The van der Waals surface area contributed by atoms with Gasteiger partial charge in [-0.15, -0.1) is 12.4 Å². The SMILES string of the molecule is COc1ccc2c(Cc3cc(Cl)ccc3O)cncc2c1O.Cl. The van der Waals surface area contributed by atoms with E-state index in [1.54, 1.807) is 36.7 Å². The molecule has 3 aromatic rings. The van der Waals surface area contributed by atoms with Crippen LogP contribution in [0.3, 0.4) is 0 Å². The lowest BCUT2D eigenvalue weighted by Crippen LogP contribution is -1.93. The number of ether oxygens (including phenoxy) is 1. The number of pyridine rings is 1. The number of rotatable bonds is 3. The monoisotopic (exact) mass is 351 g/mol. The summed E-state index contributed by atoms with van der Waals surface area (Å²) in [6, 6.07) is 8.50.